The number of carbonyl (C=O) groups is 4. The molecule has 3 atom stereocenters. The Labute approximate surface area is 220 Å². The summed E-state index contributed by atoms with van der Waals surface area (Å²) in [5.74, 6) is -3.94. The minimum absolute atomic E-state index is 0. The molecule has 0 saturated heterocycles. The summed E-state index contributed by atoms with van der Waals surface area (Å²) in [7, 11) is 0. The maximum absolute atomic E-state index is 11.2. The van der Waals surface area contributed by atoms with Crippen LogP contribution in [0.5, 0.6) is 0 Å². The summed E-state index contributed by atoms with van der Waals surface area (Å²) in [5.41, 5.74) is -1.91. The standard InChI is InChI=1S/2C9H17NO5.Ca.H3P/c2*1-9(2,5-11)7(14)8(15)10-4-3-6(12)13;;/h2*7,11,14H,3-5H2,1-2H3,(H,10,15)(H,12,13);;1H3/q;;+2;/p-2. The molecule has 0 rings (SSSR count). The molecule has 0 heterocycles. The molecular weight excluding hydrogens is 475 g/mol. The van der Waals surface area contributed by atoms with E-state index in [4.69, 9.17) is 10.2 Å². The summed E-state index contributed by atoms with van der Waals surface area (Å²) in [6, 6.07) is 0. The average Bonchev–Trinajstić information content (AvgIpc) is 2.66. The van der Waals surface area contributed by atoms with E-state index in [1.165, 1.54) is 27.7 Å². The molecule has 0 aliphatic rings. The number of carboxylic acid groups (broad SMARTS) is 2. The summed E-state index contributed by atoms with van der Waals surface area (Å²) < 4.78 is 0. The van der Waals surface area contributed by atoms with E-state index < -0.39 is 46.8 Å². The van der Waals surface area contributed by atoms with E-state index in [1.54, 1.807) is 0 Å². The number of aliphatic hydroxyl groups excluding tert-OH is 4. The number of nitrogens with one attached hydrogen (secondary N) is 2. The third-order valence-corrected chi connectivity index (χ3v) is 4.05. The zero-order chi connectivity index (χ0) is 24.1. The van der Waals surface area contributed by atoms with Gasteiger partial charge in [-0.1, -0.05) is 27.7 Å². The number of rotatable bonds is 12. The fraction of sp³-hybridized carbons (Fsp3) is 0.778. The van der Waals surface area contributed by atoms with Crippen LogP contribution >= 0.6 is 9.90 Å². The van der Waals surface area contributed by atoms with Crippen molar-refractivity contribution in [3.05, 3.63) is 0 Å². The second-order valence-corrected chi connectivity index (χ2v) is 7.92. The molecule has 12 nitrogen and oxygen atoms in total. The van der Waals surface area contributed by atoms with Gasteiger partial charge in [0.2, 0.25) is 11.8 Å². The summed E-state index contributed by atoms with van der Waals surface area (Å²) >= 11 is 0. The SMILES string of the molecule is CC(C)(CO)C(O)C(=O)NCCC(=O)[O-].CC(C)(CO)C(O)C(=O)NCCC(=O)[O-].P.[Ca+2]. The van der Waals surface area contributed by atoms with Gasteiger partial charge in [-0.15, -0.1) is 0 Å². The smallest absolute Gasteiger partial charge is 0.550 e. The van der Waals surface area contributed by atoms with Crippen LogP contribution in [0.25, 0.3) is 0 Å². The van der Waals surface area contributed by atoms with Crippen LogP contribution in [0.1, 0.15) is 40.5 Å². The van der Waals surface area contributed by atoms with Crippen molar-refractivity contribution < 1.29 is 49.8 Å². The molecule has 0 aliphatic carbocycles. The number of carboxylic acids is 2. The molecule has 0 spiro atoms. The number of amides is 2. The molecule has 0 aliphatic heterocycles. The Hall–Kier alpha value is -0.590. The number of hydrogen-bond acceptors (Lipinski definition) is 10. The number of aliphatic hydroxyl groups is 4. The molecule has 32 heavy (non-hydrogen) atoms. The van der Waals surface area contributed by atoms with E-state index in [2.05, 4.69) is 10.6 Å². The number of carbonyl (C=O) groups excluding carboxylic acids is 4. The number of hydrogen-bond donors (Lipinski definition) is 6. The Morgan fingerprint density at radius 2 is 1.00 bits per heavy atom. The van der Waals surface area contributed by atoms with Crippen molar-refractivity contribution in [2.75, 3.05) is 26.3 Å². The van der Waals surface area contributed by atoms with Crippen molar-refractivity contribution in [1.82, 2.24) is 10.6 Å². The Morgan fingerprint density at radius 3 is 1.19 bits per heavy atom. The Morgan fingerprint density at radius 1 is 0.750 bits per heavy atom. The van der Waals surface area contributed by atoms with Crippen LogP contribution in [0.4, 0.5) is 0 Å². The van der Waals surface area contributed by atoms with Crippen LogP contribution in [-0.4, -0.2) is 120 Å². The number of aliphatic carboxylic acids is 2. The first-order valence-electron chi connectivity index (χ1n) is 9.15. The van der Waals surface area contributed by atoms with Crippen molar-refractivity contribution in [2.24, 2.45) is 10.8 Å². The molecule has 3 unspecified atom stereocenters. The monoisotopic (exact) mass is 510 g/mol. The molecule has 0 aromatic carbocycles. The molecular formula is C18H35CaN2O10P. The van der Waals surface area contributed by atoms with Gasteiger partial charge in [0, 0.05) is 48.7 Å². The van der Waals surface area contributed by atoms with Gasteiger partial charge in [-0.2, -0.15) is 9.90 Å². The van der Waals surface area contributed by atoms with E-state index in [1.807, 2.05) is 0 Å². The van der Waals surface area contributed by atoms with Gasteiger partial charge in [0.15, 0.2) is 0 Å². The first kappa shape index (κ1) is 38.7. The van der Waals surface area contributed by atoms with Gasteiger partial charge < -0.3 is 50.9 Å². The predicted molar refractivity (Wildman–Crippen MR) is 116 cm³/mol. The minimum Gasteiger partial charge on any atom is -0.550 e. The van der Waals surface area contributed by atoms with Gasteiger partial charge >= 0.3 is 37.7 Å². The molecule has 0 saturated carbocycles. The van der Waals surface area contributed by atoms with Crippen LogP contribution in [0, 0.1) is 10.8 Å². The van der Waals surface area contributed by atoms with Crippen LogP contribution in [0.3, 0.4) is 0 Å². The van der Waals surface area contributed by atoms with Crippen molar-refractivity contribution in [2.45, 2.75) is 52.7 Å². The maximum atomic E-state index is 11.2. The summed E-state index contributed by atoms with van der Waals surface area (Å²) in [4.78, 5) is 42.6. The van der Waals surface area contributed by atoms with Crippen LogP contribution < -0.4 is 20.8 Å². The van der Waals surface area contributed by atoms with Crippen molar-refractivity contribution in [3.8, 4) is 0 Å². The third-order valence-electron chi connectivity index (χ3n) is 4.05. The maximum Gasteiger partial charge on any atom is 2.00 e. The Balaban J connectivity index is -0.000000231. The molecule has 0 radical (unpaired) electrons. The van der Waals surface area contributed by atoms with Gasteiger partial charge in [0.1, 0.15) is 12.2 Å². The van der Waals surface area contributed by atoms with Crippen molar-refractivity contribution >= 4 is 71.4 Å². The first-order valence-corrected chi connectivity index (χ1v) is 9.15. The second kappa shape index (κ2) is 18.8. The average molecular weight is 511 g/mol. The largest absolute Gasteiger partial charge is 2.00 e. The summed E-state index contributed by atoms with van der Waals surface area (Å²) in [6.45, 7) is 5.21. The fourth-order valence-electron chi connectivity index (χ4n) is 1.65. The minimum atomic E-state index is -1.37. The molecule has 0 fully saturated rings. The van der Waals surface area contributed by atoms with Crippen LogP contribution in [0.2, 0.25) is 0 Å². The molecule has 0 bridgehead atoms. The molecule has 0 aromatic heterocycles. The van der Waals surface area contributed by atoms with Gasteiger partial charge in [-0.25, -0.2) is 0 Å². The van der Waals surface area contributed by atoms with Gasteiger partial charge in [-0.05, 0) is 0 Å². The molecule has 14 heteroatoms. The summed E-state index contributed by atoms with van der Waals surface area (Å²) in [5, 5.41) is 61.3. The van der Waals surface area contributed by atoms with Gasteiger partial charge in [0.05, 0.1) is 13.2 Å². The Kier molecular flexibility index (Phi) is 22.7. The summed E-state index contributed by atoms with van der Waals surface area (Å²) in [6.07, 6.45) is -3.36. The van der Waals surface area contributed by atoms with Crippen molar-refractivity contribution in [3.63, 3.8) is 0 Å². The molecule has 184 valence electrons. The van der Waals surface area contributed by atoms with E-state index in [-0.39, 0.29) is 86.8 Å². The van der Waals surface area contributed by atoms with Crippen molar-refractivity contribution in [1.29, 1.82) is 0 Å². The normalized spacial score (nSPS) is 12.5. The van der Waals surface area contributed by atoms with Gasteiger partial charge in [0.25, 0.3) is 0 Å². The first-order chi connectivity index (χ1) is 13.6. The zero-order valence-electron chi connectivity index (χ0n) is 19.0. The predicted octanol–water partition coefficient (Wildman–Crippen LogP) is -5.08. The molecule has 6 N–H and O–H groups in total. The third kappa shape index (κ3) is 17.0. The Bertz CT molecular complexity index is 540. The van der Waals surface area contributed by atoms with Crippen LogP contribution in [0.15, 0.2) is 0 Å². The molecule has 0 aromatic rings. The zero-order valence-corrected chi connectivity index (χ0v) is 22.7. The van der Waals surface area contributed by atoms with E-state index >= 15 is 0 Å². The fourth-order valence-corrected chi connectivity index (χ4v) is 1.65. The van der Waals surface area contributed by atoms with Crippen LogP contribution in [-0.2, 0) is 19.2 Å². The molecule has 2 amide bonds. The quantitative estimate of drug-likeness (QED) is 0.108. The topological polar surface area (TPSA) is 219 Å². The van der Waals surface area contributed by atoms with E-state index in [9.17, 15) is 39.6 Å². The second-order valence-electron chi connectivity index (χ2n) is 7.92. The van der Waals surface area contributed by atoms with Gasteiger partial charge in [-0.3, -0.25) is 9.59 Å². The van der Waals surface area contributed by atoms with E-state index in [0.717, 1.165) is 0 Å². The van der Waals surface area contributed by atoms with E-state index in [0.29, 0.717) is 0 Å².